The molecule has 5 nitrogen and oxygen atoms in total. The maximum absolute atomic E-state index is 12.4. The van der Waals surface area contributed by atoms with Crippen molar-refractivity contribution in [2.24, 2.45) is 0 Å². The number of methoxy groups -OCH3 is 1. The number of aromatic nitrogens is 1. The van der Waals surface area contributed by atoms with Crippen LogP contribution in [0.2, 0.25) is 0 Å². The number of rotatable bonds is 5. The van der Waals surface area contributed by atoms with E-state index in [0.29, 0.717) is 17.1 Å². The van der Waals surface area contributed by atoms with Crippen LogP contribution >= 0.6 is 0 Å². The summed E-state index contributed by atoms with van der Waals surface area (Å²) < 4.78 is 5.31. The standard InChI is InChI=1S/C21H21N3O2/c1-14-8-9-16(12-15(14)2)21(25)23-17-10-11-20(22-13-17)24-18-6-4-5-7-19(18)26-3/h4-13H,1-3H3,(H,22,24)(H,23,25). The fourth-order valence-electron chi connectivity index (χ4n) is 2.51. The van der Waals surface area contributed by atoms with Gasteiger partial charge in [0.05, 0.1) is 24.7 Å². The van der Waals surface area contributed by atoms with Crippen LogP contribution in [0.1, 0.15) is 21.5 Å². The molecule has 0 saturated heterocycles. The molecular weight excluding hydrogens is 326 g/mol. The first-order valence-electron chi connectivity index (χ1n) is 8.31. The van der Waals surface area contributed by atoms with Gasteiger partial charge >= 0.3 is 0 Å². The minimum atomic E-state index is -0.152. The van der Waals surface area contributed by atoms with Crippen LogP contribution in [0.4, 0.5) is 17.2 Å². The molecule has 132 valence electrons. The Morgan fingerprint density at radius 1 is 1.00 bits per heavy atom. The smallest absolute Gasteiger partial charge is 0.255 e. The number of carbonyl (C=O) groups excluding carboxylic acids is 1. The highest BCUT2D eigenvalue weighted by Crippen LogP contribution is 2.26. The van der Waals surface area contributed by atoms with Crippen LogP contribution in [-0.2, 0) is 0 Å². The number of nitrogens with one attached hydrogen (secondary N) is 2. The first-order chi connectivity index (χ1) is 12.6. The summed E-state index contributed by atoms with van der Waals surface area (Å²) in [5.41, 5.74) is 4.35. The van der Waals surface area contributed by atoms with E-state index in [0.717, 1.165) is 22.6 Å². The van der Waals surface area contributed by atoms with E-state index >= 15 is 0 Å². The Balaban J connectivity index is 1.69. The number of aryl methyl sites for hydroxylation is 2. The van der Waals surface area contributed by atoms with E-state index in [-0.39, 0.29) is 5.91 Å². The van der Waals surface area contributed by atoms with Gasteiger partial charge in [-0.1, -0.05) is 18.2 Å². The van der Waals surface area contributed by atoms with Gasteiger partial charge in [-0.25, -0.2) is 4.98 Å². The van der Waals surface area contributed by atoms with Gasteiger partial charge < -0.3 is 15.4 Å². The Bertz CT molecular complexity index is 921. The molecule has 1 aromatic heterocycles. The van der Waals surface area contributed by atoms with Crippen LogP contribution in [0.25, 0.3) is 0 Å². The molecule has 0 radical (unpaired) electrons. The normalized spacial score (nSPS) is 10.3. The Hall–Kier alpha value is -3.34. The van der Waals surface area contributed by atoms with Crippen molar-refractivity contribution in [1.29, 1.82) is 0 Å². The van der Waals surface area contributed by atoms with Gasteiger partial charge in [0.25, 0.3) is 5.91 Å². The van der Waals surface area contributed by atoms with Crippen molar-refractivity contribution in [2.75, 3.05) is 17.7 Å². The van der Waals surface area contributed by atoms with E-state index in [2.05, 4.69) is 15.6 Å². The molecule has 0 bridgehead atoms. The zero-order chi connectivity index (χ0) is 18.5. The molecule has 0 spiro atoms. The number of nitrogens with zero attached hydrogens (tertiary/aromatic N) is 1. The number of carbonyl (C=O) groups is 1. The predicted octanol–water partition coefficient (Wildman–Crippen LogP) is 4.70. The number of ether oxygens (including phenoxy) is 1. The highest BCUT2D eigenvalue weighted by molar-refractivity contribution is 6.04. The third-order valence-corrected chi connectivity index (χ3v) is 4.16. The lowest BCUT2D eigenvalue weighted by Gasteiger charge is -2.11. The largest absolute Gasteiger partial charge is 0.495 e. The maximum Gasteiger partial charge on any atom is 0.255 e. The number of hydrogen-bond acceptors (Lipinski definition) is 4. The molecule has 2 N–H and O–H groups in total. The number of pyridine rings is 1. The summed E-state index contributed by atoms with van der Waals surface area (Å²) >= 11 is 0. The van der Waals surface area contributed by atoms with Crippen LogP contribution < -0.4 is 15.4 Å². The first kappa shape index (κ1) is 17.5. The summed E-state index contributed by atoms with van der Waals surface area (Å²) in [6.07, 6.45) is 1.62. The van der Waals surface area contributed by atoms with E-state index in [1.807, 2.05) is 68.4 Å². The van der Waals surface area contributed by atoms with Gasteiger partial charge in [-0.05, 0) is 61.4 Å². The summed E-state index contributed by atoms with van der Waals surface area (Å²) in [6, 6.07) is 16.9. The molecular formula is C21H21N3O2. The van der Waals surface area contributed by atoms with Crippen LogP contribution in [0, 0.1) is 13.8 Å². The molecule has 1 heterocycles. The highest BCUT2D eigenvalue weighted by Gasteiger charge is 2.08. The van der Waals surface area contributed by atoms with Crippen molar-refractivity contribution in [3.63, 3.8) is 0 Å². The van der Waals surface area contributed by atoms with Gasteiger partial charge in [0.1, 0.15) is 11.6 Å². The van der Waals surface area contributed by atoms with Gasteiger partial charge in [-0.2, -0.15) is 0 Å². The molecule has 5 heteroatoms. The summed E-state index contributed by atoms with van der Waals surface area (Å²) in [7, 11) is 1.62. The van der Waals surface area contributed by atoms with Gasteiger partial charge in [0.15, 0.2) is 0 Å². The van der Waals surface area contributed by atoms with Crippen molar-refractivity contribution in [3.8, 4) is 5.75 Å². The number of hydrogen-bond donors (Lipinski definition) is 2. The second kappa shape index (κ2) is 7.70. The summed E-state index contributed by atoms with van der Waals surface area (Å²) in [5, 5.41) is 6.07. The summed E-state index contributed by atoms with van der Waals surface area (Å²) in [5.74, 6) is 1.25. The van der Waals surface area contributed by atoms with Crippen molar-refractivity contribution >= 4 is 23.1 Å². The second-order valence-corrected chi connectivity index (χ2v) is 6.01. The van der Waals surface area contributed by atoms with E-state index in [9.17, 15) is 4.79 Å². The summed E-state index contributed by atoms with van der Waals surface area (Å²) in [6.45, 7) is 4.01. The van der Waals surface area contributed by atoms with Crippen molar-refractivity contribution < 1.29 is 9.53 Å². The molecule has 0 fully saturated rings. The van der Waals surface area contributed by atoms with Gasteiger partial charge in [-0.15, -0.1) is 0 Å². The fourth-order valence-corrected chi connectivity index (χ4v) is 2.51. The quantitative estimate of drug-likeness (QED) is 0.702. The minimum Gasteiger partial charge on any atom is -0.495 e. The average molecular weight is 347 g/mol. The molecule has 26 heavy (non-hydrogen) atoms. The first-order valence-corrected chi connectivity index (χ1v) is 8.31. The maximum atomic E-state index is 12.4. The molecule has 3 rings (SSSR count). The van der Waals surface area contributed by atoms with E-state index in [1.165, 1.54) is 0 Å². The summed E-state index contributed by atoms with van der Waals surface area (Å²) in [4.78, 5) is 16.7. The van der Waals surface area contributed by atoms with Crippen LogP contribution in [0.5, 0.6) is 5.75 Å². The van der Waals surface area contributed by atoms with E-state index in [1.54, 1.807) is 13.3 Å². The Labute approximate surface area is 153 Å². The molecule has 0 aliphatic carbocycles. The van der Waals surface area contributed by atoms with Crippen LogP contribution in [-0.4, -0.2) is 18.0 Å². The second-order valence-electron chi connectivity index (χ2n) is 6.01. The topological polar surface area (TPSA) is 63.2 Å². The number of benzene rings is 2. The molecule has 1 amide bonds. The monoisotopic (exact) mass is 347 g/mol. The minimum absolute atomic E-state index is 0.152. The molecule has 0 saturated carbocycles. The lowest BCUT2D eigenvalue weighted by molar-refractivity contribution is 0.102. The molecule has 2 aromatic carbocycles. The van der Waals surface area contributed by atoms with Gasteiger partial charge in [0, 0.05) is 5.56 Å². The third-order valence-electron chi connectivity index (χ3n) is 4.16. The Morgan fingerprint density at radius 3 is 2.50 bits per heavy atom. The van der Waals surface area contributed by atoms with Crippen molar-refractivity contribution in [2.45, 2.75) is 13.8 Å². The van der Waals surface area contributed by atoms with Crippen molar-refractivity contribution in [3.05, 3.63) is 77.5 Å². The van der Waals surface area contributed by atoms with Gasteiger partial charge in [0.2, 0.25) is 0 Å². The van der Waals surface area contributed by atoms with E-state index in [4.69, 9.17) is 4.74 Å². The lowest BCUT2D eigenvalue weighted by Crippen LogP contribution is -2.12. The van der Waals surface area contributed by atoms with Gasteiger partial charge in [-0.3, -0.25) is 4.79 Å². The highest BCUT2D eigenvalue weighted by atomic mass is 16.5. The average Bonchev–Trinajstić information content (AvgIpc) is 2.66. The third kappa shape index (κ3) is 4.00. The molecule has 0 atom stereocenters. The lowest BCUT2D eigenvalue weighted by atomic mass is 10.1. The predicted molar refractivity (Wildman–Crippen MR) is 104 cm³/mol. The molecule has 3 aromatic rings. The van der Waals surface area contributed by atoms with Crippen LogP contribution in [0.15, 0.2) is 60.8 Å². The molecule has 0 aliphatic rings. The fraction of sp³-hybridized carbons (Fsp3) is 0.143. The number of para-hydroxylation sites is 2. The Morgan fingerprint density at radius 2 is 1.81 bits per heavy atom. The molecule has 0 unspecified atom stereocenters. The zero-order valence-electron chi connectivity index (χ0n) is 15.0. The molecule has 0 aliphatic heterocycles. The zero-order valence-corrected chi connectivity index (χ0v) is 15.0. The van der Waals surface area contributed by atoms with Crippen LogP contribution in [0.3, 0.4) is 0 Å². The van der Waals surface area contributed by atoms with E-state index < -0.39 is 0 Å². The number of anilines is 3. The SMILES string of the molecule is COc1ccccc1Nc1ccc(NC(=O)c2ccc(C)c(C)c2)cn1. The van der Waals surface area contributed by atoms with Crippen molar-refractivity contribution in [1.82, 2.24) is 4.98 Å². The Kier molecular flexibility index (Phi) is 5.17. The number of amides is 1.